The standard InChI is InChI=1S/C16H15N3S/c1-12-11-16(13-5-3-2-4-6-13)19(18-12)14-7-9-15(20-17)10-8-14/h2-11H,17H2,1H3. The van der Waals surface area contributed by atoms with E-state index in [1.54, 1.807) is 0 Å². The van der Waals surface area contributed by atoms with Gasteiger partial charge in [-0.05, 0) is 49.2 Å². The van der Waals surface area contributed by atoms with Crippen LogP contribution in [0.15, 0.2) is 65.6 Å². The molecule has 0 atom stereocenters. The summed E-state index contributed by atoms with van der Waals surface area (Å²) in [5.74, 6) is 0. The van der Waals surface area contributed by atoms with Gasteiger partial charge in [0.25, 0.3) is 0 Å². The molecule has 3 nitrogen and oxygen atoms in total. The quantitative estimate of drug-likeness (QED) is 0.742. The van der Waals surface area contributed by atoms with E-state index in [2.05, 4.69) is 23.3 Å². The predicted molar refractivity (Wildman–Crippen MR) is 83.8 cm³/mol. The Balaban J connectivity index is 2.09. The number of nitrogens with two attached hydrogens (primary N) is 1. The van der Waals surface area contributed by atoms with Crippen molar-refractivity contribution in [3.8, 4) is 16.9 Å². The van der Waals surface area contributed by atoms with E-state index in [0.717, 1.165) is 27.5 Å². The molecule has 0 bridgehead atoms. The summed E-state index contributed by atoms with van der Waals surface area (Å²) in [5.41, 5.74) is 4.29. The van der Waals surface area contributed by atoms with Gasteiger partial charge in [0.1, 0.15) is 0 Å². The summed E-state index contributed by atoms with van der Waals surface area (Å²) in [6.45, 7) is 2.01. The van der Waals surface area contributed by atoms with Crippen molar-refractivity contribution in [1.82, 2.24) is 9.78 Å². The van der Waals surface area contributed by atoms with Crippen LogP contribution in [0.4, 0.5) is 0 Å². The zero-order valence-corrected chi connectivity index (χ0v) is 12.0. The van der Waals surface area contributed by atoms with Crippen molar-refractivity contribution in [1.29, 1.82) is 0 Å². The van der Waals surface area contributed by atoms with Crippen molar-refractivity contribution in [2.24, 2.45) is 5.14 Å². The molecular weight excluding hydrogens is 266 g/mol. The lowest BCUT2D eigenvalue weighted by atomic mass is 10.1. The Morgan fingerprint density at radius 3 is 2.35 bits per heavy atom. The second-order valence-corrected chi connectivity index (χ2v) is 5.27. The zero-order chi connectivity index (χ0) is 13.9. The van der Waals surface area contributed by atoms with Crippen molar-refractivity contribution in [3.05, 3.63) is 66.4 Å². The van der Waals surface area contributed by atoms with Crippen LogP contribution in [0.5, 0.6) is 0 Å². The van der Waals surface area contributed by atoms with E-state index in [-0.39, 0.29) is 0 Å². The van der Waals surface area contributed by atoms with Crippen molar-refractivity contribution >= 4 is 11.9 Å². The van der Waals surface area contributed by atoms with Gasteiger partial charge in [-0.15, -0.1) is 0 Å². The molecule has 1 heterocycles. The van der Waals surface area contributed by atoms with Crippen LogP contribution in [0.1, 0.15) is 5.69 Å². The molecule has 0 aliphatic carbocycles. The second kappa shape index (κ2) is 5.53. The lowest BCUT2D eigenvalue weighted by molar-refractivity contribution is 0.868. The smallest absolute Gasteiger partial charge is 0.0743 e. The fourth-order valence-corrected chi connectivity index (χ4v) is 2.47. The average Bonchev–Trinajstić information content (AvgIpc) is 2.90. The molecule has 0 aliphatic rings. The first-order valence-corrected chi connectivity index (χ1v) is 7.25. The van der Waals surface area contributed by atoms with Crippen molar-refractivity contribution < 1.29 is 0 Å². The van der Waals surface area contributed by atoms with Crippen LogP contribution in [-0.4, -0.2) is 9.78 Å². The van der Waals surface area contributed by atoms with Crippen molar-refractivity contribution in [2.45, 2.75) is 11.8 Å². The Morgan fingerprint density at radius 2 is 1.70 bits per heavy atom. The minimum atomic E-state index is 1.00. The first kappa shape index (κ1) is 13.0. The van der Waals surface area contributed by atoms with Crippen LogP contribution in [0.2, 0.25) is 0 Å². The molecule has 100 valence electrons. The maximum Gasteiger partial charge on any atom is 0.0743 e. The number of aromatic nitrogens is 2. The molecule has 0 aliphatic heterocycles. The van der Waals surface area contributed by atoms with Gasteiger partial charge in [0.15, 0.2) is 0 Å². The van der Waals surface area contributed by atoms with Gasteiger partial charge < -0.3 is 0 Å². The molecular formula is C16H15N3S. The minimum Gasteiger partial charge on any atom is -0.274 e. The molecule has 20 heavy (non-hydrogen) atoms. The summed E-state index contributed by atoms with van der Waals surface area (Å²) >= 11 is 1.25. The highest BCUT2D eigenvalue weighted by molar-refractivity contribution is 7.97. The minimum absolute atomic E-state index is 1.00. The highest BCUT2D eigenvalue weighted by Gasteiger charge is 2.09. The summed E-state index contributed by atoms with van der Waals surface area (Å²) in [5, 5.41) is 10.1. The molecule has 0 radical (unpaired) electrons. The first-order valence-electron chi connectivity index (χ1n) is 6.37. The molecule has 0 unspecified atom stereocenters. The largest absolute Gasteiger partial charge is 0.274 e. The molecule has 0 amide bonds. The molecule has 0 spiro atoms. The molecule has 3 aromatic rings. The summed E-state index contributed by atoms with van der Waals surface area (Å²) in [6.07, 6.45) is 0. The highest BCUT2D eigenvalue weighted by Crippen LogP contribution is 2.24. The average molecular weight is 281 g/mol. The number of rotatable bonds is 3. The Morgan fingerprint density at radius 1 is 1.00 bits per heavy atom. The SMILES string of the molecule is Cc1cc(-c2ccccc2)n(-c2ccc(SN)cc2)n1. The van der Waals surface area contributed by atoms with E-state index < -0.39 is 0 Å². The molecule has 2 aromatic carbocycles. The number of hydrogen-bond acceptors (Lipinski definition) is 3. The Hall–Kier alpha value is -2.04. The van der Waals surface area contributed by atoms with Gasteiger partial charge >= 0.3 is 0 Å². The Labute approximate surface area is 122 Å². The number of hydrogen-bond donors (Lipinski definition) is 1. The summed E-state index contributed by atoms with van der Waals surface area (Å²) in [7, 11) is 0. The van der Waals surface area contributed by atoms with Crippen LogP contribution < -0.4 is 5.14 Å². The monoisotopic (exact) mass is 281 g/mol. The van der Waals surface area contributed by atoms with Crippen LogP contribution in [-0.2, 0) is 0 Å². The molecule has 1 aromatic heterocycles. The third-order valence-electron chi connectivity index (χ3n) is 3.12. The van der Waals surface area contributed by atoms with E-state index >= 15 is 0 Å². The van der Waals surface area contributed by atoms with Crippen molar-refractivity contribution in [2.75, 3.05) is 0 Å². The summed E-state index contributed by atoms with van der Waals surface area (Å²) in [4.78, 5) is 1.04. The van der Waals surface area contributed by atoms with E-state index in [9.17, 15) is 0 Å². The van der Waals surface area contributed by atoms with Gasteiger partial charge in [0.05, 0.1) is 17.1 Å². The third kappa shape index (κ3) is 2.48. The third-order valence-corrected chi connectivity index (χ3v) is 3.66. The zero-order valence-electron chi connectivity index (χ0n) is 11.2. The van der Waals surface area contributed by atoms with Gasteiger partial charge in [0, 0.05) is 10.5 Å². The lowest BCUT2D eigenvalue weighted by Gasteiger charge is -2.08. The lowest BCUT2D eigenvalue weighted by Crippen LogP contribution is -1.99. The van der Waals surface area contributed by atoms with Crippen LogP contribution >= 0.6 is 11.9 Å². The normalized spacial score (nSPS) is 10.7. The maximum atomic E-state index is 5.56. The predicted octanol–water partition coefficient (Wildman–Crippen LogP) is 3.81. The molecule has 0 saturated heterocycles. The van der Waals surface area contributed by atoms with Crippen molar-refractivity contribution in [3.63, 3.8) is 0 Å². The number of benzene rings is 2. The second-order valence-electron chi connectivity index (χ2n) is 4.56. The van der Waals surface area contributed by atoms with Crippen LogP contribution in [0.3, 0.4) is 0 Å². The Bertz CT molecular complexity index is 702. The van der Waals surface area contributed by atoms with Gasteiger partial charge in [-0.1, -0.05) is 30.3 Å². The summed E-state index contributed by atoms with van der Waals surface area (Å²) in [6, 6.07) is 20.5. The molecule has 3 rings (SSSR count). The van der Waals surface area contributed by atoms with Gasteiger partial charge in [0.2, 0.25) is 0 Å². The maximum absolute atomic E-state index is 5.56. The number of aryl methyl sites for hydroxylation is 1. The first-order chi connectivity index (χ1) is 9.78. The molecule has 0 fully saturated rings. The fourth-order valence-electron chi connectivity index (χ4n) is 2.18. The summed E-state index contributed by atoms with van der Waals surface area (Å²) < 4.78 is 1.97. The van der Waals surface area contributed by atoms with Gasteiger partial charge in [-0.2, -0.15) is 5.10 Å². The van der Waals surface area contributed by atoms with Gasteiger partial charge in [-0.3, -0.25) is 5.14 Å². The highest BCUT2D eigenvalue weighted by atomic mass is 32.2. The topological polar surface area (TPSA) is 43.8 Å². The van der Waals surface area contributed by atoms with Crippen LogP contribution in [0, 0.1) is 6.92 Å². The van der Waals surface area contributed by atoms with Gasteiger partial charge in [-0.25, -0.2) is 4.68 Å². The van der Waals surface area contributed by atoms with Crippen LogP contribution in [0.25, 0.3) is 16.9 Å². The molecule has 4 heteroatoms. The van der Waals surface area contributed by atoms with E-state index in [1.165, 1.54) is 11.9 Å². The molecule has 0 saturated carbocycles. The Kier molecular flexibility index (Phi) is 3.58. The van der Waals surface area contributed by atoms with E-state index in [0.29, 0.717) is 0 Å². The van der Waals surface area contributed by atoms with E-state index in [4.69, 9.17) is 5.14 Å². The fraction of sp³-hybridized carbons (Fsp3) is 0.0625. The molecule has 2 N–H and O–H groups in total. The van der Waals surface area contributed by atoms with E-state index in [1.807, 2.05) is 54.1 Å². The number of nitrogens with zero attached hydrogens (tertiary/aromatic N) is 2.